The molecule has 0 saturated heterocycles. The number of carbonyl (C=O) groups is 1. The highest BCUT2D eigenvalue weighted by molar-refractivity contribution is 9.10. The second-order valence-corrected chi connectivity index (χ2v) is 9.13. The molecule has 1 aromatic heterocycles. The SMILES string of the molecule is O=C(c1ccccc1-c1ncc(-c2cccc(Br)c2)o1)N(Cc1ccccc1)Cc1ccccc1. The predicted molar refractivity (Wildman–Crippen MR) is 142 cm³/mol. The third kappa shape index (κ3) is 5.42. The highest BCUT2D eigenvalue weighted by Gasteiger charge is 2.22. The number of hydrogen-bond acceptors (Lipinski definition) is 3. The first-order chi connectivity index (χ1) is 17.2. The van der Waals surface area contributed by atoms with Gasteiger partial charge < -0.3 is 9.32 Å². The van der Waals surface area contributed by atoms with Crippen LogP contribution in [0.2, 0.25) is 0 Å². The second-order valence-electron chi connectivity index (χ2n) is 8.22. The van der Waals surface area contributed by atoms with Crippen LogP contribution in [-0.4, -0.2) is 15.8 Å². The van der Waals surface area contributed by atoms with Crippen molar-refractivity contribution in [2.75, 3.05) is 0 Å². The van der Waals surface area contributed by atoms with Crippen LogP contribution in [0.4, 0.5) is 0 Å². The van der Waals surface area contributed by atoms with Crippen molar-refractivity contribution in [1.82, 2.24) is 9.88 Å². The number of aromatic nitrogens is 1. The second kappa shape index (κ2) is 10.5. The normalized spacial score (nSPS) is 10.8. The monoisotopic (exact) mass is 522 g/mol. The van der Waals surface area contributed by atoms with Crippen LogP contribution in [-0.2, 0) is 13.1 Å². The van der Waals surface area contributed by atoms with Crippen LogP contribution < -0.4 is 0 Å². The van der Waals surface area contributed by atoms with Gasteiger partial charge in [-0.2, -0.15) is 0 Å². The zero-order chi connectivity index (χ0) is 24.0. The summed E-state index contributed by atoms with van der Waals surface area (Å²) in [4.78, 5) is 20.3. The Balaban J connectivity index is 1.49. The predicted octanol–water partition coefficient (Wildman–Crippen LogP) is 7.61. The fourth-order valence-electron chi connectivity index (χ4n) is 4.01. The van der Waals surface area contributed by atoms with E-state index in [1.807, 2.05) is 114 Å². The molecule has 5 rings (SSSR count). The van der Waals surface area contributed by atoms with Gasteiger partial charge in [0.1, 0.15) is 0 Å². The first-order valence-electron chi connectivity index (χ1n) is 11.4. The minimum atomic E-state index is -0.0736. The minimum absolute atomic E-state index is 0.0736. The van der Waals surface area contributed by atoms with Crippen molar-refractivity contribution < 1.29 is 9.21 Å². The van der Waals surface area contributed by atoms with E-state index < -0.39 is 0 Å². The van der Waals surface area contributed by atoms with Crippen molar-refractivity contribution in [1.29, 1.82) is 0 Å². The number of amides is 1. The smallest absolute Gasteiger partial charge is 0.255 e. The van der Waals surface area contributed by atoms with Gasteiger partial charge in [-0.3, -0.25) is 4.79 Å². The number of benzene rings is 4. The number of nitrogens with zero attached hydrogens (tertiary/aromatic N) is 2. The molecule has 4 nitrogen and oxygen atoms in total. The molecule has 0 atom stereocenters. The van der Waals surface area contributed by atoms with Crippen LogP contribution in [0, 0.1) is 0 Å². The van der Waals surface area contributed by atoms with Gasteiger partial charge in [0.25, 0.3) is 5.91 Å². The van der Waals surface area contributed by atoms with Crippen LogP contribution >= 0.6 is 15.9 Å². The van der Waals surface area contributed by atoms with Crippen molar-refractivity contribution in [2.45, 2.75) is 13.1 Å². The molecule has 0 bridgehead atoms. The Hall–Kier alpha value is -3.96. The third-order valence-electron chi connectivity index (χ3n) is 5.72. The van der Waals surface area contributed by atoms with E-state index in [0.717, 1.165) is 21.2 Å². The van der Waals surface area contributed by atoms with Gasteiger partial charge in [-0.05, 0) is 35.4 Å². The number of halogens is 1. The Bertz CT molecular complexity index is 1390. The molecule has 0 unspecified atom stereocenters. The lowest BCUT2D eigenvalue weighted by Crippen LogP contribution is -2.30. The van der Waals surface area contributed by atoms with Crippen molar-refractivity contribution in [3.63, 3.8) is 0 Å². The van der Waals surface area contributed by atoms with Gasteiger partial charge >= 0.3 is 0 Å². The Kier molecular flexibility index (Phi) is 6.87. The minimum Gasteiger partial charge on any atom is -0.436 e. The molecule has 1 heterocycles. The van der Waals surface area contributed by atoms with Gasteiger partial charge in [-0.15, -0.1) is 0 Å². The Labute approximate surface area is 213 Å². The Morgan fingerprint density at radius 1 is 0.771 bits per heavy atom. The maximum absolute atomic E-state index is 13.9. The van der Waals surface area contributed by atoms with Crippen LogP contribution in [0.15, 0.2) is 124 Å². The first kappa shape index (κ1) is 22.8. The zero-order valence-corrected chi connectivity index (χ0v) is 20.6. The van der Waals surface area contributed by atoms with Crippen LogP contribution in [0.3, 0.4) is 0 Å². The quantitative estimate of drug-likeness (QED) is 0.221. The van der Waals surface area contributed by atoms with Crippen molar-refractivity contribution >= 4 is 21.8 Å². The van der Waals surface area contributed by atoms with E-state index in [-0.39, 0.29) is 5.91 Å². The van der Waals surface area contributed by atoms with Crippen LogP contribution in [0.25, 0.3) is 22.8 Å². The van der Waals surface area contributed by atoms with Gasteiger partial charge in [-0.1, -0.05) is 101 Å². The number of oxazole rings is 1. The Morgan fingerprint density at radius 3 is 2.06 bits per heavy atom. The molecule has 0 saturated carbocycles. The summed E-state index contributed by atoms with van der Waals surface area (Å²) in [6.07, 6.45) is 1.70. The third-order valence-corrected chi connectivity index (χ3v) is 6.22. The summed E-state index contributed by atoms with van der Waals surface area (Å²) in [5.74, 6) is 0.993. The lowest BCUT2D eigenvalue weighted by molar-refractivity contribution is 0.0730. The van der Waals surface area contributed by atoms with E-state index in [0.29, 0.717) is 35.9 Å². The number of hydrogen-bond donors (Lipinski definition) is 0. The highest BCUT2D eigenvalue weighted by Crippen LogP contribution is 2.30. The standard InChI is InChI=1S/C30H23BrN2O2/c31-25-15-9-14-24(18-25)28-19-32-29(35-28)26-16-7-8-17-27(26)30(34)33(20-22-10-3-1-4-11-22)21-23-12-5-2-6-13-23/h1-19H,20-21H2. The maximum Gasteiger partial charge on any atom is 0.255 e. The van der Waals surface area contributed by atoms with Gasteiger partial charge in [0, 0.05) is 28.7 Å². The molecule has 0 aliphatic heterocycles. The van der Waals surface area contributed by atoms with Gasteiger partial charge in [0.2, 0.25) is 5.89 Å². The van der Waals surface area contributed by atoms with Crippen LogP contribution in [0.5, 0.6) is 0 Å². The maximum atomic E-state index is 13.9. The molecule has 35 heavy (non-hydrogen) atoms. The molecule has 0 spiro atoms. The molecule has 172 valence electrons. The van der Waals surface area contributed by atoms with E-state index in [1.165, 1.54) is 0 Å². The molecular formula is C30H23BrN2O2. The molecule has 0 N–H and O–H groups in total. The molecule has 5 heteroatoms. The number of carbonyl (C=O) groups excluding carboxylic acids is 1. The molecule has 0 aliphatic carbocycles. The average Bonchev–Trinajstić information content (AvgIpc) is 3.40. The largest absolute Gasteiger partial charge is 0.436 e. The summed E-state index contributed by atoms with van der Waals surface area (Å²) in [5.41, 5.74) is 4.29. The summed E-state index contributed by atoms with van der Waals surface area (Å²) in [6.45, 7) is 0.996. The van der Waals surface area contributed by atoms with Gasteiger partial charge in [0.05, 0.1) is 11.8 Å². The Morgan fingerprint density at radius 2 is 1.40 bits per heavy atom. The molecule has 4 aromatic carbocycles. The molecule has 0 fully saturated rings. The van der Waals surface area contributed by atoms with Gasteiger partial charge in [-0.25, -0.2) is 4.98 Å². The summed E-state index contributed by atoms with van der Waals surface area (Å²) in [7, 11) is 0. The molecule has 1 amide bonds. The van der Waals surface area contributed by atoms with E-state index in [4.69, 9.17) is 4.42 Å². The highest BCUT2D eigenvalue weighted by atomic mass is 79.9. The lowest BCUT2D eigenvalue weighted by Gasteiger charge is -2.24. The lowest BCUT2D eigenvalue weighted by atomic mass is 10.0. The van der Waals surface area contributed by atoms with Gasteiger partial charge in [0.15, 0.2) is 5.76 Å². The topological polar surface area (TPSA) is 46.3 Å². The van der Waals surface area contributed by atoms with E-state index in [9.17, 15) is 4.79 Å². The molecular weight excluding hydrogens is 500 g/mol. The van der Waals surface area contributed by atoms with E-state index in [1.54, 1.807) is 6.20 Å². The molecule has 0 radical (unpaired) electrons. The number of rotatable bonds is 7. The molecule has 5 aromatic rings. The summed E-state index contributed by atoms with van der Waals surface area (Å²) in [6, 6.07) is 35.4. The molecule has 0 aliphatic rings. The van der Waals surface area contributed by atoms with Crippen molar-refractivity contribution in [3.8, 4) is 22.8 Å². The van der Waals surface area contributed by atoms with Crippen molar-refractivity contribution in [3.05, 3.63) is 137 Å². The summed E-state index contributed by atoms with van der Waals surface area (Å²) < 4.78 is 7.07. The average molecular weight is 523 g/mol. The van der Waals surface area contributed by atoms with E-state index >= 15 is 0 Å². The van der Waals surface area contributed by atoms with Crippen molar-refractivity contribution in [2.24, 2.45) is 0 Å². The van der Waals surface area contributed by atoms with E-state index in [2.05, 4.69) is 20.9 Å². The summed E-state index contributed by atoms with van der Waals surface area (Å²) in [5, 5.41) is 0. The fraction of sp³-hybridized carbons (Fsp3) is 0.0667. The van der Waals surface area contributed by atoms with Crippen LogP contribution in [0.1, 0.15) is 21.5 Å². The summed E-state index contributed by atoms with van der Waals surface area (Å²) >= 11 is 3.50. The fourth-order valence-corrected chi connectivity index (χ4v) is 4.41. The zero-order valence-electron chi connectivity index (χ0n) is 19.0. The first-order valence-corrected chi connectivity index (χ1v) is 12.1.